The topological polar surface area (TPSA) is 30.5 Å². The minimum Gasteiger partial charge on any atom is -0.496 e. The Bertz CT molecular complexity index is 384. The van der Waals surface area contributed by atoms with Crippen molar-refractivity contribution in [1.82, 2.24) is 5.32 Å². The Morgan fingerprint density at radius 2 is 2.05 bits per heavy atom. The molecule has 0 aromatic heterocycles. The van der Waals surface area contributed by atoms with E-state index < -0.39 is 0 Å². The van der Waals surface area contributed by atoms with Crippen molar-refractivity contribution in [2.75, 3.05) is 20.3 Å². The number of hydrogen-bond acceptors (Lipinski definition) is 3. The molecule has 2 atom stereocenters. The van der Waals surface area contributed by atoms with Crippen molar-refractivity contribution in [3.8, 4) is 5.75 Å². The van der Waals surface area contributed by atoms with Gasteiger partial charge < -0.3 is 14.8 Å². The first-order valence-electron chi connectivity index (χ1n) is 6.79. The average Bonchev–Trinajstić information content (AvgIpc) is 2.39. The average molecular weight is 286 g/mol. The van der Waals surface area contributed by atoms with Gasteiger partial charge in [-0.1, -0.05) is 18.5 Å². The van der Waals surface area contributed by atoms with E-state index in [4.69, 9.17) is 21.1 Å². The maximum atomic E-state index is 6.07. The molecule has 1 N–H and O–H groups in total. The van der Waals surface area contributed by atoms with E-state index in [0.717, 1.165) is 35.9 Å². The van der Waals surface area contributed by atoms with E-state index >= 15 is 0 Å². The number of benzene rings is 1. The molecule has 0 heterocycles. The first-order chi connectivity index (χ1) is 9.12. The summed E-state index contributed by atoms with van der Waals surface area (Å²) in [5, 5.41) is 4.19. The summed E-state index contributed by atoms with van der Waals surface area (Å²) in [5.74, 6) is 0.871. The molecule has 0 saturated carbocycles. The zero-order valence-electron chi connectivity index (χ0n) is 12.2. The lowest BCUT2D eigenvalue weighted by Gasteiger charge is -2.25. The van der Waals surface area contributed by atoms with Crippen LogP contribution in [0.25, 0.3) is 0 Å². The molecular weight excluding hydrogens is 262 g/mol. The number of methoxy groups -OCH3 is 1. The van der Waals surface area contributed by atoms with Gasteiger partial charge in [0.15, 0.2) is 0 Å². The summed E-state index contributed by atoms with van der Waals surface area (Å²) in [6.07, 6.45) is 0.979. The highest BCUT2D eigenvalue weighted by atomic mass is 35.5. The van der Waals surface area contributed by atoms with Crippen molar-refractivity contribution >= 4 is 11.6 Å². The molecule has 108 valence electrons. The summed E-state index contributed by atoms with van der Waals surface area (Å²) in [6.45, 7) is 7.83. The van der Waals surface area contributed by atoms with E-state index in [1.807, 2.05) is 25.1 Å². The van der Waals surface area contributed by atoms with Crippen LogP contribution in [0.3, 0.4) is 0 Å². The van der Waals surface area contributed by atoms with Gasteiger partial charge in [0, 0.05) is 17.7 Å². The molecule has 19 heavy (non-hydrogen) atoms. The molecule has 0 saturated heterocycles. The van der Waals surface area contributed by atoms with E-state index in [0.29, 0.717) is 0 Å². The van der Waals surface area contributed by atoms with Gasteiger partial charge >= 0.3 is 0 Å². The van der Waals surface area contributed by atoms with Gasteiger partial charge in [0.2, 0.25) is 0 Å². The van der Waals surface area contributed by atoms with Crippen molar-refractivity contribution in [2.45, 2.75) is 39.3 Å². The summed E-state index contributed by atoms with van der Waals surface area (Å²) in [6, 6.07) is 5.96. The zero-order valence-corrected chi connectivity index (χ0v) is 13.0. The Kier molecular flexibility index (Phi) is 7.21. The molecule has 0 aliphatic rings. The smallest absolute Gasteiger partial charge is 0.122 e. The Labute approximate surface area is 121 Å². The normalized spacial score (nSPS) is 14.2. The predicted octanol–water partition coefficient (Wildman–Crippen LogP) is 3.29. The largest absolute Gasteiger partial charge is 0.496 e. The minimum absolute atomic E-state index is 0.147. The van der Waals surface area contributed by atoms with Gasteiger partial charge in [0.25, 0.3) is 0 Å². The quantitative estimate of drug-likeness (QED) is 0.795. The van der Waals surface area contributed by atoms with Gasteiger partial charge in [-0.2, -0.15) is 0 Å². The number of rotatable bonds is 8. The summed E-state index contributed by atoms with van der Waals surface area (Å²) < 4.78 is 11.1. The van der Waals surface area contributed by atoms with E-state index in [-0.39, 0.29) is 12.1 Å². The maximum Gasteiger partial charge on any atom is 0.122 e. The summed E-state index contributed by atoms with van der Waals surface area (Å²) in [5.41, 5.74) is 1.10. The third-order valence-electron chi connectivity index (χ3n) is 3.14. The van der Waals surface area contributed by atoms with E-state index in [9.17, 15) is 0 Å². The summed E-state index contributed by atoms with van der Waals surface area (Å²) in [7, 11) is 1.68. The molecule has 0 aliphatic carbocycles. The predicted molar refractivity (Wildman–Crippen MR) is 80.3 cm³/mol. The Morgan fingerprint density at radius 3 is 2.63 bits per heavy atom. The van der Waals surface area contributed by atoms with Crippen molar-refractivity contribution in [3.63, 3.8) is 0 Å². The Morgan fingerprint density at radius 1 is 1.32 bits per heavy atom. The summed E-state index contributed by atoms with van der Waals surface area (Å²) >= 11 is 6.07. The van der Waals surface area contributed by atoms with Crippen LogP contribution in [0.5, 0.6) is 5.75 Å². The fourth-order valence-corrected chi connectivity index (χ4v) is 2.38. The van der Waals surface area contributed by atoms with Crippen LogP contribution >= 0.6 is 11.6 Å². The third kappa shape index (κ3) is 5.01. The van der Waals surface area contributed by atoms with E-state index in [2.05, 4.69) is 19.2 Å². The lowest BCUT2D eigenvalue weighted by Crippen LogP contribution is -2.41. The fraction of sp³-hybridized carbons (Fsp3) is 0.600. The number of nitrogens with one attached hydrogen (secondary N) is 1. The molecule has 0 radical (unpaired) electrons. The van der Waals surface area contributed by atoms with E-state index in [1.165, 1.54) is 0 Å². The van der Waals surface area contributed by atoms with Crippen molar-refractivity contribution in [1.29, 1.82) is 0 Å². The van der Waals surface area contributed by atoms with Crippen LogP contribution < -0.4 is 10.1 Å². The monoisotopic (exact) mass is 285 g/mol. The molecular formula is C15H24ClNO2. The highest BCUT2D eigenvalue weighted by Crippen LogP contribution is 2.24. The van der Waals surface area contributed by atoms with Gasteiger partial charge in [-0.05, 0) is 50.6 Å². The van der Waals surface area contributed by atoms with Gasteiger partial charge in [-0.15, -0.1) is 0 Å². The lowest BCUT2D eigenvalue weighted by atomic mass is 10.0. The second-order valence-corrected chi connectivity index (χ2v) is 4.92. The van der Waals surface area contributed by atoms with Crippen molar-refractivity contribution in [2.24, 2.45) is 0 Å². The number of hydrogen-bond donors (Lipinski definition) is 1. The van der Waals surface area contributed by atoms with Crippen molar-refractivity contribution < 1.29 is 9.47 Å². The fourth-order valence-electron chi connectivity index (χ4n) is 2.19. The number of halogens is 1. The SMILES string of the molecule is CCNC(Cc1cc(Cl)ccc1OC)C(C)OCC. The number of ether oxygens (including phenoxy) is 2. The van der Waals surface area contributed by atoms with Gasteiger partial charge in [0.05, 0.1) is 13.2 Å². The highest BCUT2D eigenvalue weighted by Gasteiger charge is 2.19. The van der Waals surface area contributed by atoms with E-state index in [1.54, 1.807) is 7.11 Å². The van der Waals surface area contributed by atoms with Crippen LogP contribution in [0.1, 0.15) is 26.3 Å². The van der Waals surface area contributed by atoms with Crippen LogP contribution in [0.15, 0.2) is 18.2 Å². The molecule has 0 bridgehead atoms. The molecule has 0 aliphatic heterocycles. The van der Waals surface area contributed by atoms with Crippen LogP contribution in [0, 0.1) is 0 Å². The summed E-state index contributed by atoms with van der Waals surface area (Å²) in [4.78, 5) is 0. The highest BCUT2D eigenvalue weighted by molar-refractivity contribution is 6.30. The second-order valence-electron chi connectivity index (χ2n) is 4.48. The molecule has 2 unspecified atom stereocenters. The standard InChI is InChI=1S/C15H24ClNO2/c1-5-17-14(11(3)19-6-2)10-12-9-13(16)7-8-15(12)18-4/h7-9,11,14,17H,5-6,10H2,1-4H3. The van der Waals surface area contributed by atoms with Crippen LogP contribution in [0.2, 0.25) is 5.02 Å². The lowest BCUT2D eigenvalue weighted by molar-refractivity contribution is 0.0479. The first-order valence-corrected chi connectivity index (χ1v) is 7.17. The number of likely N-dealkylation sites (N-methyl/N-ethyl adjacent to an activating group) is 1. The van der Waals surface area contributed by atoms with Gasteiger partial charge in [-0.25, -0.2) is 0 Å². The second kappa shape index (κ2) is 8.41. The van der Waals surface area contributed by atoms with Crippen LogP contribution in [0.4, 0.5) is 0 Å². The molecule has 0 spiro atoms. The molecule has 3 nitrogen and oxygen atoms in total. The minimum atomic E-state index is 0.147. The van der Waals surface area contributed by atoms with Gasteiger partial charge in [0.1, 0.15) is 5.75 Å². The molecule has 0 amide bonds. The molecule has 0 fully saturated rings. The molecule has 1 rings (SSSR count). The maximum absolute atomic E-state index is 6.07. The van der Waals surface area contributed by atoms with Crippen LogP contribution in [-0.4, -0.2) is 32.4 Å². The first kappa shape index (κ1) is 16.3. The van der Waals surface area contributed by atoms with Gasteiger partial charge in [-0.3, -0.25) is 0 Å². The molecule has 1 aromatic rings. The molecule has 1 aromatic carbocycles. The van der Waals surface area contributed by atoms with Crippen LogP contribution in [-0.2, 0) is 11.2 Å². The molecule has 4 heteroatoms. The zero-order chi connectivity index (χ0) is 14.3. The van der Waals surface area contributed by atoms with Crippen molar-refractivity contribution in [3.05, 3.63) is 28.8 Å². The Hall–Kier alpha value is -0.770. The Balaban J connectivity index is 2.85. The third-order valence-corrected chi connectivity index (χ3v) is 3.38.